The molecule has 3 nitrogen and oxygen atoms in total. The van der Waals surface area contributed by atoms with Gasteiger partial charge < -0.3 is 10.6 Å². The van der Waals surface area contributed by atoms with E-state index in [9.17, 15) is 0 Å². The fraction of sp³-hybridized carbons (Fsp3) is 0.909. The maximum atomic E-state index is 5.90. The molecule has 0 atom stereocenters. The second kappa shape index (κ2) is 6.68. The molecule has 0 aliphatic carbocycles. The van der Waals surface area contributed by atoms with Gasteiger partial charge in [0.2, 0.25) is 0 Å². The summed E-state index contributed by atoms with van der Waals surface area (Å²) >= 11 is 0. The van der Waals surface area contributed by atoms with Crippen LogP contribution < -0.4 is 5.73 Å². The summed E-state index contributed by atoms with van der Waals surface area (Å²) in [5.41, 5.74) is 5.90. The van der Waals surface area contributed by atoms with E-state index in [0.29, 0.717) is 17.8 Å². The molecule has 0 aromatic rings. The molecule has 0 spiro atoms. The van der Waals surface area contributed by atoms with Gasteiger partial charge in [-0.05, 0) is 18.8 Å². The first kappa shape index (κ1) is 13.3. The van der Waals surface area contributed by atoms with Gasteiger partial charge >= 0.3 is 0 Å². The van der Waals surface area contributed by atoms with Crippen LogP contribution in [0.5, 0.6) is 0 Å². The predicted octanol–water partition coefficient (Wildman–Crippen LogP) is 1.93. The minimum absolute atomic E-state index is 0.575. The van der Waals surface area contributed by atoms with E-state index < -0.39 is 0 Å². The van der Waals surface area contributed by atoms with Gasteiger partial charge in [0.05, 0.1) is 0 Å². The number of hydrogen-bond donors (Lipinski definition) is 1. The molecular weight excluding hydrogens is 174 g/mol. The summed E-state index contributed by atoms with van der Waals surface area (Å²) in [4.78, 5) is 6.50. The van der Waals surface area contributed by atoms with Crippen molar-refractivity contribution in [1.29, 1.82) is 0 Å². The summed E-state index contributed by atoms with van der Waals surface area (Å²) in [7, 11) is 0. The van der Waals surface area contributed by atoms with Crippen LogP contribution in [-0.4, -0.2) is 30.5 Å². The molecule has 0 radical (unpaired) electrons. The van der Waals surface area contributed by atoms with Crippen LogP contribution in [0.15, 0.2) is 4.99 Å². The zero-order chi connectivity index (χ0) is 11.1. The molecule has 2 N–H and O–H groups in total. The Morgan fingerprint density at radius 2 is 1.79 bits per heavy atom. The highest BCUT2D eigenvalue weighted by Gasteiger charge is 2.07. The van der Waals surface area contributed by atoms with Gasteiger partial charge in [-0.15, -0.1) is 0 Å². The van der Waals surface area contributed by atoms with Crippen molar-refractivity contribution in [2.24, 2.45) is 22.6 Å². The molecule has 0 aromatic carbocycles. The largest absolute Gasteiger partial charge is 0.370 e. The summed E-state index contributed by atoms with van der Waals surface area (Å²) in [6.07, 6.45) is 0. The van der Waals surface area contributed by atoms with Gasteiger partial charge in [-0.3, -0.25) is 4.99 Å². The van der Waals surface area contributed by atoms with Gasteiger partial charge in [0.25, 0.3) is 0 Å². The number of nitrogens with two attached hydrogens (primary N) is 1. The molecule has 0 saturated carbocycles. The highest BCUT2D eigenvalue weighted by atomic mass is 15.2. The quantitative estimate of drug-likeness (QED) is 0.543. The van der Waals surface area contributed by atoms with Crippen molar-refractivity contribution in [2.45, 2.75) is 34.6 Å². The number of hydrogen-bond acceptors (Lipinski definition) is 1. The molecule has 0 aliphatic heterocycles. The first-order valence-corrected chi connectivity index (χ1v) is 5.52. The highest BCUT2D eigenvalue weighted by molar-refractivity contribution is 5.78. The zero-order valence-electron chi connectivity index (χ0n) is 10.2. The lowest BCUT2D eigenvalue weighted by Crippen LogP contribution is -2.39. The second-order valence-corrected chi connectivity index (χ2v) is 4.53. The molecule has 0 unspecified atom stereocenters. The van der Waals surface area contributed by atoms with Gasteiger partial charge in [-0.25, -0.2) is 0 Å². The Hall–Kier alpha value is -0.730. The normalized spacial score (nSPS) is 12.6. The van der Waals surface area contributed by atoms with Crippen LogP contribution in [0.2, 0.25) is 0 Å². The maximum Gasteiger partial charge on any atom is 0.191 e. The number of aliphatic imine (C=N–C) groups is 1. The Morgan fingerprint density at radius 1 is 1.21 bits per heavy atom. The number of guanidine groups is 1. The minimum atomic E-state index is 0.575. The SMILES string of the molecule is CCN(CC(C)C)C(N)=NCC(C)C. The van der Waals surface area contributed by atoms with Gasteiger partial charge in [0.1, 0.15) is 0 Å². The molecule has 84 valence electrons. The van der Waals surface area contributed by atoms with Crippen LogP contribution in [0.4, 0.5) is 0 Å². The molecule has 0 fully saturated rings. The van der Waals surface area contributed by atoms with Crippen molar-refractivity contribution in [2.75, 3.05) is 19.6 Å². The van der Waals surface area contributed by atoms with E-state index in [1.165, 1.54) is 0 Å². The number of nitrogens with zero attached hydrogens (tertiary/aromatic N) is 2. The molecule has 0 aromatic heterocycles. The van der Waals surface area contributed by atoms with E-state index in [1.807, 2.05) is 0 Å². The van der Waals surface area contributed by atoms with Crippen LogP contribution in [-0.2, 0) is 0 Å². The van der Waals surface area contributed by atoms with Crippen LogP contribution in [0.25, 0.3) is 0 Å². The van der Waals surface area contributed by atoms with E-state index in [0.717, 1.165) is 19.6 Å². The molecule has 0 bridgehead atoms. The summed E-state index contributed by atoms with van der Waals surface area (Å²) in [5, 5.41) is 0. The van der Waals surface area contributed by atoms with Crippen molar-refractivity contribution in [3.63, 3.8) is 0 Å². The third kappa shape index (κ3) is 5.84. The van der Waals surface area contributed by atoms with Crippen molar-refractivity contribution in [1.82, 2.24) is 4.90 Å². The van der Waals surface area contributed by atoms with E-state index in [-0.39, 0.29) is 0 Å². The third-order valence-corrected chi connectivity index (χ3v) is 1.91. The van der Waals surface area contributed by atoms with Gasteiger partial charge in [0, 0.05) is 19.6 Å². The fourth-order valence-electron chi connectivity index (χ4n) is 1.20. The van der Waals surface area contributed by atoms with E-state index in [1.54, 1.807) is 0 Å². The first-order chi connectivity index (χ1) is 6.47. The Balaban J connectivity index is 4.15. The van der Waals surface area contributed by atoms with Crippen LogP contribution >= 0.6 is 0 Å². The average Bonchev–Trinajstić information content (AvgIpc) is 2.09. The first-order valence-electron chi connectivity index (χ1n) is 5.52. The smallest absolute Gasteiger partial charge is 0.191 e. The Kier molecular flexibility index (Phi) is 6.34. The van der Waals surface area contributed by atoms with E-state index in [2.05, 4.69) is 44.5 Å². The highest BCUT2D eigenvalue weighted by Crippen LogP contribution is 1.99. The van der Waals surface area contributed by atoms with Crippen LogP contribution in [0.3, 0.4) is 0 Å². The lowest BCUT2D eigenvalue weighted by atomic mass is 10.2. The minimum Gasteiger partial charge on any atom is -0.370 e. The summed E-state index contributed by atoms with van der Waals surface area (Å²) < 4.78 is 0. The lowest BCUT2D eigenvalue weighted by molar-refractivity contribution is 0.375. The fourth-order valence-corrected chi connectivity index (χ4v) is 1.20. The van der Waals surface area contributed by atoms with Crippen molar-refractivity contribution in [3.05, 3.63) is 0 Å². The molecule has 3 heteroatoms. The van der Waals surface area contributed by atoms with Gasteiger partial charge in [-0.2, -0.15) is 0 Å². The number of rotatable bonds is 5. The summed E-state index contributed by atoms with van der Waals surface area (Å²) in [6.45, 7) is 13.5. The predicted molar refractivity (Wildman–Crippen MR) is 63.4 cm³/mol. The molecule has 14 heavy (non-hydrogen) atoms. The summed E-state index contributed by atoms with van der Waals surface area (Å²) in [6, 6.07) is 0. The van der Waals surface area contributed by atoms with Crippen LogP contribution in [0, 0.1) is 11.8 Å². The molecule has 0 rings (SSSR count). The zero-order valence-corrected chi connectivity index (χ0v) is 10.2. The third-order valence-electron chi connectivity index (χ3n) is 1.91. The molecular formula is C11H25N3. The maximum absolute atomic E-state index is 5.90. The molecule has 0 heterocycles. The van der Waals surface area contributed by atoms with Gasteiger partial charge in [-0.1, -0.05) is 27.7 Å². The van der Waals surface area contributed by atoms with Crippen molar-refractivity contribution >= 4 is 5.96 Å². The van der Waals surface area contributed by atoms with Crippen molar-refractivity contribution in [3.8, 4) is 0 Å². The second-order valence-electron chi connectivity index (χ2n) is 4.53. The lowest BCUT2D eigenvalue weighted by Gasteiger charge is -2.23. The van der Waals surface area contributed by atoms with Gasteiger partial charge in [0.15, 0.2) is 5.96 Å². The topological polar surface area (TPSA) is 41.6 Å². The van der Waals surface area contributed by atoms with E-state index in [4.69, 9.17) is 5.73 Å². The average molecular weight is 199 g/mol. The Bertz CT molecular complexity index is 173. The van der Waals surface area contributed by atoms with E-state index >= 15 is 0 Å². The molecule has 0 saturated heterocycles. The monoisotopic (exact) mass is 199 g/mol. The standard InChI is InChI=1S/C11H25N3/c1-6-14(8-10(4)5)11(12)13-7-9(2)3/h9-10H,6-8H2,1-5H3,(H2,12,13). The van der Waals surface area contributed by atoms with Crippen LogP contribution in [0.1, 0.15) is 34.6 Å². The molecule has 0 amide bonds. The molecule has 0 aliphatic rings. The Labute approximate surface area is 88.4 Å². The Morgan fingerprint density at radius 3 is 2.14 bits per heavy atom. The summed E-state index contributed by atoms with van der Waals surface area (Å²) in [5.74, 6) is 1.89. The van der Waals surface area contributed by atoms with Crippen molar-refractivity contribution < 1.29 is 0 Å².